The molecule has 4 unspecified atom stereocenters. The number of hydrogen-bond donors (Lipinski definition) is 1. The third kappa shape index (κ3) is 1.76. The number of ether oxygens (including phenoxy) is 1. The van der Waals surface area contributed by atoms with Crippen molar-refractivity contribution >= 4 is 5.91 Å². The number of rotatable bonds is 2. The van der Waals surface area contributed by atoms with Crippen molar-refractivity contribution in [1.82, 2.24) is 10.2 Å². The summed E-state index contributed by atoms with van der Waals surface area (Å²) in [5.74, 6) is 0.219. The van der Waals surface area contributed by atoms with E-state index in [2.05, 4.69) is 5.32 Å². The van der Waals surface area contributed by atoms with Crippen molar-refractivity contribution in [2.24, 2.45) is 0 Å². The molecule has 0 bridgehead atoms. The van der Waals surface area contributed by atoms with E-state index in [1.165, 1.54) is 0 Å². The second-order valence-corrected chi connectivity index (χ2v) is 4.58. The van der Waals surface area contributed by atoms with Gasteiger partial charge in [0.2, 0.25) is 5.91 Å². The number of carbonyl (C=O) groups excluding carboxylic acids is 1. The van der Waals surface area contributed by atoms with E-state index in [0.29, 0.717) is 0 Å². The number of methoxy groups -OCH3 is 1. The minimum absolute atomic E-state index is 0.0434. The molecule has 0 aromatic rings. The van der Waals surface area contributed by atoms with Gasteiger partial charge in [0.1, 0.15) is 0 Å². The second kappa shape index (κ2) is 4.10. The fourth-order valence-electron chi connectivity index (χ4n) is 2.88. The molecule has 0 spiro atoms. The third-order valence-corrected chi connectivity index (χ3v) is 3.61. The number of hydrogen-bond acceptors (Lipinski definition) is 3. The Morgan fingerprint density at radius 1 is 1.40 bits per heavy atom. The van der Waals surface area contributed by atoms with Crippen LogP contribution in [0, 0.1) is 0 Å². The van der Waals surface area contributed by atoms with Gasteiger partial charge < -0.3 is 9.64 Å². The highest BCUT2D eigenvalue weighted by molar-refractivity contribution is 5.84. The Morgan fingerprint density at radius 2 is 2.13 bits per heavy atom. The molecule has 1 N–H and O–H groups in total. The van der Waals surface area contributed by atoms with Crippen LogP contribution in [0.1, 0.15) is 33.1 Å². The lowest BCUT2D eigenvalue weighted by Crippen LogP contribution is -2.47. The highest BCUT2D eigenvalue weighted by Crippen LogP contribution is 2.29. The highest BCUT2D eigenvalue weighted by atomic mass is 16.5. The van der Waals surface area contributed by atoms with Crippen molar-refractivity contribution in [3.05, 3.63) is 0 Å². The van der Waals surface area contributed by atoms with Crippen molar-refractivity contribution in [2.75, 3.05) is 7.11 Å². The summed E-state index contributed by atoms with van der Waals surface area (Å²) >= 11 is 0. The zero-order valence-electron chi connectivity index (χ0n) is 9.69. The summed E-state index contributed by atoms with van der Waals surface area (Å²) in [4.78, 5) is 14.0. The number of carbonyl (C=O) groups is 1. The van der Waals surface area contributed by atoms with Crippen LogP contribution in [-0.2, 0) is 9.53 Å². The van der Waals surface area contributed by atoms with E-state index < -0.39 is 0 Å². The molecule has 0 aromatic heterocycles. The lowest BCUT2D eigenvalue weighted by molar-refractivity contribution is -0.134. The molecule has 86 valence electrons. The molecule has 1 saturated heterocycles. The molecular weight excluding hydrogens is 192 g/mol. The van der Waals surface area contributed by atoms with Gasteiger partial charge in [-0.1, -0.05) is 0 Å². The fourth-order valence-corrected chi connectivity index (χ4v) is 2.88. The van der Waals surface area contributed by atoms with Crippen molar-refractivity contribution in [3.63, 3.8) is 0 Å². The highest BCUT2D eigenvalue weighted by Gasteiger charge is 2.42. The maximum Gasteiger partial charge on any atom is 0.241 e. The molecule has 0 radical (unpaired) electrons. The van der Waals surface area contributed by atoms with Crippen molar-refractivity contribution in [3.8, 4) is 0 Å². The average molecular weight is 212 g/mol. The van der Waals surface area contributed by atoms with Crippen LogP contribution in [-0.4, -0.2) is 42.3 Å². The summed E-state index contributed by atoms with van der Waals surface area (Å²) in [6.07, 6.45) is 3.68. The van der Waals surface area contributed by atoms with Gasteiger partial charge in [-0.05, 0) is 33.1 Å². The fraction of sp³-hybridized carbons (Fsp3) is 0.909. The lowest BCUT2D eigenvalue weighted by atomic mass is 10.1. The van der Waals surface area contributed by atoms with Gasteiger partial charge in [0.15, 0.2) is 0 Å². The van der Waals surface area contributed by atoms with Crippen LogP contribution in [0.25, 0.3) is 0 Å². The van der Waals surface area contributed by atoms with Crippen LogP contribution in [0.15, 0.2) is 0 Å². The average Bonchev–Trinajstić information content (AvgIpc) is 2.73. The van der Waals surface area contributed by atoms with Gasteiger partial charge in [0.25, 0.3) is 0 Å². The van der Waals surface area contributed by atoms with Gasteiger partial charge in [-0.2, -0.15) is 0 Å². The number of nitrogens with zero attached hydrogens (tertiary/aromatic N) is 1. The summed E-state index contributed by atoms with van der Waals surface area (Å²) in [6.45, 7) is 3.97. The molecule has 4 heteroatoms. The summed E-state index contributed by atoms with van der Waals surface area (Å²) < 4.78 is 5.45. The molecule has 1 aliphatic carbocycles. The first-order valence-electron chi connectivity index (χ1n) is 5.76. The number of amides is 1. The van der Waals surface area contributed by atoms with Gasteiger partial charge in [-0.15, -0.1) is 0 Å². The predicted octanol–water partition coefficient (Wildman–Crippen LogP) is 0.720. The third-order valence-electron chi connectivity index (χ3n) is 3.61. The number of nitrogens with one attached hydrogen (secondary N) is 1. The van der Waals surface area contributed by atoms with Crippen molar-refractivity contribution < 1.29 is 9.53 Å². The Kier molecular flexibility index (Phi) is 2.98. The standard InChI is InChI=1S/C11H20N2O2/c1-7-11(14)13(8(2)12-7)9-5-4-6-10(9)15-3/h7-10,12H,4-6H2,1-3H3. The Morgan fingerprint density at radius 3 is 2.67 bits per heavy atom. The van der Waals surface area contributed by atoms with Gasteiger partial charge in [0.05, 0.1) is 24.4 Å². The molecule has 15 heavy (non-hydrogen) atoms. The quantitative estimate of drug-likeness (QED) is 0.733. The Hall–Kier alpha value is -0.610. The first-order chi connectivity index (χ1) is 7.15. The molecule has 4 atom stereocenters. The predicted molar refractivity (Wildman–Crippen MR) is 57.3 cm³/mol. The zero-order valence-corrected chi connectivity index (χ0v) is 9.69. The summed E-state index contributed by atoms with van der Waals surface area (Å²) in [7, 11) is 1.74. The van der Waals surface area contributed by atoms with E-state index in [1.807, 2.05) is 18.7 Å². The first-order valence-corrected chi connectivity index (χ1v) is 5.76. The molecule has 1 saturated carbocycles. The van der Waals surface area contributed by atoms with E-state index in [0.717, 1.165) is 19.3 Å². The van der Waals surface area contributed by atoms with Crippen molar-refractivity contribution in [1.29, 1.82) is 0 Å². The van der Waals surface area contributed by atoms with E-state index in [-0.39, 0.29) is 30.3 Å². The second-order valence-electron chi connectivity index (χ2n) is 4.58. The molecule has 0 aromatic carbocycles. The van der Waals surface area contributed by atoms with Crippen LogP contribution >= 0.6 is 0 Å². The smallest absolute Gasteiger partial charge is 0.241 e. The van der Waals surface area contributed by atoms with Crippen LogP contribution in [0.2, 0.25) is 0 Å². The summed E-state index contributed by atoms with van der Waals surface area (Å²) in [6, 6.07) is 0.230. The monoisotopic (exact) mass is 212 g/mol. The van der Waals surface area contributed by atoms with Gasteiger partial charge >= 0.3 is 0 Å². The van der Waals surface area contributed by atoms with Crippen LogP contribution < -0.4 is 5.32 Å². The molecule has 4 nitrogen and oxygen atoms in total. The van der Waals surface area contributed by atoms with E-state index in [4.69, 9.17) is 4.74 Å². The normalized spacial score (nSPS) is 41.5. The largest absolute Gasteiger partial charge is 0.379 e. The molecule has 2 fully saturated rings. The molecule has 1 aliphatic heterocycles. The molecule has 1 amide bonds. The maximum absolute atomic E-state index is 12.0. The lowest BCUT2D eigenvalue weighted by Gasteiger charge is -2.31. The molecule has 1 heterocycles. The Labute approximate surface area is 91.0 Å². The topological polar surface area (TPSA) is 41.6 Å². The van der Waals surface area contributed by atoms with Crippen molar-refractivity contribution in [2.45, 2.75) is 57.5 Å². The van der Waals surface area contributed by atoms with Crippen LogP contribution in [0.5, 0.6) is 0 Å². The minimum Gasteiger partial charge on any atom is -0.379 e. The first kappa shape index (κ1) is 10.9. The van der Waals surface area contributed by atoms with E-state index in [9.17, 15) is 4.79 Å². The maximum atomic E-state index is 12.0. The Bertz CT molecular complexity index is 257. The Balaban J connectivity index is 2.12. The van der Waals surface area contributed by atoms with Crippen LogP contribution in [0.3, 0.4) is 0 Å². The summed E-state index contributed by atoms with van der Waals surface area (Å²) in [5.41, 5.74) is 0. The van der Waals surface area contributed by atoms with Gasteiger partial charge in [-0.25, -0.2) is 0 Å². The van der Waals surface area contributed by atoms with Gasteiger partial charge in [0, 0.05) is 7.11 Å². The van der Waals surface area contributed by atoms with Gasteiger partial charge in [-0.3, -0.25) is 10.1 Å². The minimum atomic E-state index is -0.0434. The molecule has 2 rings (SSSR count). The van der Waals surface area contributed by atoms with Crippen LogP contribution in [0.4, 0.5) is 0 Å². The SMILES string of the molecule is COC1CCCC1N1C(=O)C(C)NC1C. The molecular formula is C11H20N2O2. The summed E-state index contributed by atoms with van der Waals surface area (Å²) in [5, 5.41) is 3.26. The van der Waals surface area contributed by atoms with E-state index in [1.54, 1.807) is 7.11 Å². The van der Waals surface area contributed by atoms with E-state index >= 15 is 0 Å². The zero-order chi connectivity index (χ0) is 11.0. The molecule has 2 aliphatic rings.